The molecule has 0 fully saturated rings. The van der Waals surface area contributed by atoms with Crippen LogP contribution in [-0.2, 0) is 16.0 Å². The monoisotopic (exact) mass is 480 g/mol. The van der Waals surface area contributed by atoms with Gasteiger partial charge in [0.1, 0.15) is 28.6 Å². The average Bonchev–Trinajstić information content (AvgIpc) is 3.30. The van der Waals surface area contributed by atoms with Gasteiger partial charge in [-0.05, 0) is 42.5 Å². The number of hydrogen-bond donors (Lipinski definition) is 5. The average molecular weight is 480 g/mol. The standard InChI is InChI=1S/C25H24N2O8/c1-27(2)14-9-13(16-4-3-5-35-16)20(29)18-12(14)7-10-6-11-8-15(28)19(24(26)33)23(32)25(11,34)22(31)17(10)21(18)30/h3-5,9-11,28-29,31,34H,6-8H2,1-2H3,(H2,26,33)/t10-,11+,25+/m1/s1. The molecule has 10 nitrogen and oxygen atoms in total. The molecule has 182 valence electrons. The van der Waals surface area contributed by atoms with Crippen molar-refractivity contribution in [3.8, 4) is 17.1 Å². The molecule has 0 aliphatic heterocycles. The zero-order valence-corrected chi connectivity index (χ0v) is 19.0. The highest BCUT2D eigenvalue weighted by molar-refractivity contribution is 6.24. The maximum Gasteiger partial charge on any atom is 0.255 e. The van der Waals surface area contributed by atoms with Crippen LogP contribution in [0.5, 0.6) is 5.75 Å². The van der Waals surface area contributed by atoms with E-state index in [1.54, 1.807) is 37.2 Å². The SMILES string of the molecule is CN(C)c1cc(-c2ccco2)c(O)c2c1C[C@H]1C[C@H]3CC(O)=C(C(N)=O)C(=O)[C@@]3(O)C(O)=C1C2=O. The number of aliphatic hydroxyl groups is 3. The third kappa shape index (κ3) is 2.96. The number of Topliss-reactive ketones (excluding diaryl/α,β-unsaturated/α-hetero) is 2. The number of carbonyl (C=O) groups excluding carboxylic acids is 3. The summed E-state index contributed by atoms with van der Waals surface area (Å²) in [5, 5.41) is 43.9. The molecule has 5 rings (SSSR count). The highest BCUT2D eigenvalue weighted by atomic mass is 16.3. The highest BCUT2D eigenvalue weighted by Gasteiger charge is 2.59. The molecule has 3 aliphatic carbocycles. The quantitative estimate of drug-likeness (QED) is 0.411. The van der Waals surface area contributed by atoms with Gasteiger partial charge in [-0.15, -0.1) is 0 Å². The van der Waals surface area contributed by atoms with Crippen molar-refractivity contribution < 1.29 is 39.2 Å². The van der Waals surface area contributed by atoms with Crippen LogP contribution in [0.2, 0.25) is 0 Å². The topological polar surface area (TPSA) is 175 Å². The summed E-state index contributed by atoms with van der Waals surface area (Å²) in [7, 11) is 3.58. The minimum Gasteiger partial charge on any atom is -0.511 e. The number of nitrogens with two attached hydrogens (primary N) is 1. The maximum absolute atomic E-state index is 13.8. The fourth-order valence-electron chi connectivity index (χ4n) is 5.69. The second-order valence-electron chi connectivity index (χ2n) is 9.43. The van der Waals surface area contributed by atoms with Crippen molar-refractivity contribution in [3.05, 3.63) is 58.3 Å². The number of phenols is 1. The van der Waals surface area contributed by atoms with Gasteiger partial charge in [0.25, 0.3) is 5.91 Å². The lowest BCUT2D eigenvalue weighted by atomic mass is 9.60. The van der Waals surface area contributed by atoms with Crippen LogP contribution in [0.15, 0.2) is 51.5 Å². The van der Waals surface area contributed by atoms with Gasteiger partial charge in [0.05, 0.1) is 17.4 Å². The first-order chi connectivity index (χ1) is 16.5. The molecule has 0 spiro atoms. The van der Waals surface area contributed by atoms with Gasteiger partial charge < -0.3 is 35.5 Å². The largest absolute Gasteiger partial charge is 0.511 e. The van der Waals surface area contributed by atoms with E-state index in [0.717, 1.165) is 0 Å². The molecule has 0 bridgehead atoms. The zero-order valence-electron chi connectivity index (χ0n) is 19.0. The van der Waals surface area contributed by atoms with E-state index < -0.39 is 52.0 Å². The van der Waals surface area contributed by atoms with Crippen LogP contribution >= 0.6 is 0 Å². The van der Waals surface area contributed by atoms with Gasteiger partial charge in [-0.1, -0.05) is 0 Å². The molecule has 0 saturated carbocycles. The van der Waals surface area contributed by atoms with Gasteiger partial charge in [0, 0.05) is 37.7 Å². The summed E-state index contributed by atoms with van der Waals surface area (Å²) < 4.78 is 5.43. The van der Waals surface area contributed by atoms with E-state index >= 15 is 0 Å². The number of aromatic hydroxyl groups is 1. The van der Waals surface area contributed by atoms with Crippen molar-refractivity contribution in [1.82, 2.24) is 0 Å². The molecule has 3 aliphatic rings. The molecule has 1 aromatic heterocycles. The Bertz CT molecular complexity index is 1370. The summed E-state index contributed by atoms with van der Waals surface area (Å²) >= 11 is 0. The first-order valence-corrected chi connectivity index (χ1v) is 11.1. The summed E-state index contributed by atoms with van der Waals surface area (Å²) in [4.78, 5) is 40.4. The normalized spacial score (nSPS) is 25.8. The molecular formula is C25H24N2O8. The van der Waals surface area contributed by atoms with Crippen molar-refractivity contribution in [2.24, 2.45) is 17.6 Å². The van der Waals surface area contributed by atoms with E-state index in [4.69, 9.17) is 10.2 Å². The Morgan fingerprint density at radius 3 is 2.51 bits per heavy atom. The number of aliphatic hydroxyl groups excluding tert-OH is 2. The number of primary amides is 1. The van der Waals surface area contributed by atoms with E-state index in [1.165, 1.54) is 6.26 Å². The first-order valence-electron chi connectivity index (χ1n) is 11.1. The van der Waals surface area contributed by atoms with Gasteiger partial charge in [0.2, 0.25) is 5.78 Å². The van der Waals surface area contributed by atoms with Gasteiger partial charge in [-0.3, -0.25) is 14.4 Å². The van der Waals surface area contributed by atoms with Gasteiger partial charge in [-0.2, -0.15) is 0 Å². The van der Waals surface area contributed by atoms with Crippen LogP contribution in [-0.4, -0.2) is 57.6 Å². The Labute approximate surface area is 199 Å². The Morgan fingerprint density at radius 1 is 1.20 bits per heavy atom. The molecule has 0 unspecified atom stereocenters. The third-order valence-corrected chi connectivity index (χ3v) is 7.31. The summed E-state index contributed by atoms with van der Waals surface area (Å²) in [6.45, 7) is 0. The number of hydrogen-bond acceptors (Lipinski definition) is 9. The van der Waals surface area contributed by atoms with Crippen molar-refractivity contribution >= 4 is 23.2 Å². The minimum absolute atomic E-state index is 0.0563. The van der Waals surface area contributed by atoms with Crippen LogP contribution in [0.25, 0.3) is 11.3 Å². The number of allylic oxidation sites excluding steroid dienone is 2. The van der Waals surface area contributed by atoms with E-state index in [1.807, 2.05) is 0 Å². The lowest BCUT2D eigenvalue weighted by Crippen LogP contribution is -2.57. The Hall–Kier alpha value is -4.05. The maximum atomic E-state index is 13.8. The van der Waals surface area contributed by atoms with Crippen LogP contribution in [0.1, 0.15) is 28.8 Å². The second kappa shape index (κ2) is 7.47. The van der Waals surface area contributed by atoms with Crippen molar-refractivity contribution in [3.63, 3.8) is 0 Å². The number of rotatable bonds is 3. The molecule has 1 heterocycles. The number of anilines is 1. The molecule has 0 saturated heterocycles. The second-order valence-corrected chi connectivity index (χ2v) is 9.43. The van der Waals surface area contributed by atoms with Crippen molar-refractivity contribution in [1.29, 1.82) is 0 Å². The van der Waals surface area contributed by atoms with Crippen LogP contribution in [0.4, 0.5) is 5.69 Å². The van der Waals surface area contributed by atoms with Crippen LogP contribution < -0.4 is 10.6 Å². The van der Waals surface area contributed by atoms with Crippen LogP contribution in [0.3, 0.4) is 0 Å². The van der Waals surface area contributed by atoms with E-state index in [0.29, 0.717) is 17.0 Å². The molecule has 35 heavy (non-hydrogen) atoms. The number of ketones is 2. The number of furan rings is 1. The first kappa shape index (κ1) is 22.7. The van der Waals surface area contributed by atoms with E-state index in [-0.39, 0.29) is 41.7 Å². The van der Waals surface area contributed by atoms with Gasteiger partial charge >= 0.3 is 0 Å². The van der Waals surface area contributed by atoms with Crippen LogP contribution in [0, 0.1) is 11.8 Å². The van der Waals surface area contributed by atoms with E-state index in [2.05, 4.69) is 0 Å². The number of phenolic OH excluding ortho intramolecular Hbond substituents is 1. The summed E-state index contributed by atoms with van der Waals surface area (Å²) in [6, 6.07) is 4.98. The fraction of sp³-hybridized carbons (Fsp3) is 0.320. The Kier molecular flexibility index (Phi) is 4.85. The van der Waals surface area contributed by atoms with Gasteiger partial charge in [-0.25, -0.2) is 0 Å². The van der Waals surface area contributed by atoms with Crippen molar-refractivity contribution in [2.75, 3.05) is 19.0 Å². The Balaban J connectivity index is 1.73. The third-order valence-electron chi connectivity index (χ3n) is 7.31. The Morgan fingerprint density at radius 2 is 1.91 bits per heavy atom. The molecule has 6 N–H and O–H groups in total. The lowest BCUT2D eigenvalue weighted by molar-refractivity contribution is -0.144. The minimum atomic E-state index is -2.59. The predicted octanol–water partition coefficient (Wildman–Crippen LogP) is 1.91. The number of nitrogens with zero attached hydrogens (tertiary/aromatic N) is 1. The molecule has 10 heteroatoms. The number of carbonyl (C=O) groups is 3. The molecular weight excluding hydrogens is 456 g/mol. The highest BCUT2D eigenvalue weighted by Crippen LogP contribution is 2.53. The molecule has 0 radical (unpaired) electrons. The zero-order chi connectivity index (χ0) is 25.4. The number of fused-ring (bicyclic) bond motifs is 3. The molecule has 1 aromatic carbocycles. The fourth-order valence-corrected chi connectivity index (χ4v) is 5.69. The summed E-state index contributed by atoms with van der Waals surface area (Å²) in [6.07, 6.45) is 1.48. The molecule has 2 aromatic rings. The number of benzene rings is 1. The summed E-state index contributed by atoms with van der Waals surface area (Å²) in [5.74, 6) is -6.22. The lowest BCUT2D eigenvalue weighted by Gasteiger charge is -2.45. The van der Waals surface area contributed by atoms with E-state index in [9.17, 15) is 34.8 Å². The summed E-state index contributed by atoms with van der Waals surface area (Å²) in [5.41, 5.74) is 3.07. The smallest absolute Gasteiger partial charge is 0.255 e. The number of amides is 1. The molecule has 1 amide bonds. The predicted molar refractivity (Wildman–Crippen MR) is 123 cm³/mol. The van der Waals surface area contributed by atoms with Crippen molar-refractivity contribution in [2.45, 2.75) is 24.9 Å². The molecule has 3 atom stereocenters. The van der Waals surface area contributed by atoms with Gasteiger partial charge in [0.15, 0.2) is 11.4 Å².